The zero-order chi connectivity index (χ0) is 14.1. The first-order valence-electron chi connectivity index (χ1n) is 8.27. The number of nitrogens with one attached hydrogen (secondary N) is 1. The summed E-state index contributed by atoms with van der Waals surface area (Å²) in [5.41, 5.74) is 0.994. The third-order valence-electron chi connectivity index (χ3n) is 5.70. The zero-order valence-corrected chi connectivity index (χ0v) is 13.8. The monoisotopic (exact) mass is 266 g/mol. The van der Waals surface area contributed by atoms with E-state index in [4.69, 9.17) is 0 Å². The van der Waals surface area contributed by atoms with Crippen molar-refractivity contribution in [3.63, 3.8) is 0 Å². The minimum atomic E-state index is 0.444. The maximum atomic E-state index is 3.64. The highest BCUT2D eigenvalue weighted by Crippen LogP contribution is 2.39. The van der Waals surface area contributed by atoms with Crippen LogP contribution in [0.1, 0.15) is 66.2 Å². The quantitative estimate of drug-likeness (QED) is 0.820. The van der Waals surface area contributed by atoms with Crippen LogP contribution in [-0.4, -0.2) is 37.1 Å². The molecule has 2 rings (SSSR count). The summed E-state index contributed by atoms with van der Waals surface area (Å²) in [4.78, 5) is 2.80. The van der Waals surface area contributed by atoms with Gasteiger partial charge in [-0.15, -0.1) is 0 Å². The van der Waals surface area contributed by atoms with Gasteiger partial charge in [-0.3, -0.25) is 4.90 Å². The van der Waals surface area contributed by atoms with Crippen LogP contribution in [0.2, 0.25) is 0 Å². The third-order valence-corrected chi connectivity index (χ3v) is 5.70. The summed E-state index contributed by atoms with van der Waals surface area (Å²) in [5, 5.41) is 3.64. The highest BCUT2D eigenvalue weighted by molar-refractivity contribution is 4.98. The molecule has 0 radical (unpaired) electrons. The Morgan fingerprint density at radius 3 is 2.37 bits per heavy atom. The second kappa shape index (κ2) is 5.73. The summed E-state index contributed by atoms with van der Waals surface area (Å²) in [5.74, 6) is 0. The average molecular weight is 266 g/mol. The van der Waals surface area contributed by atoms with E-state index in [1.165, 1.54) is 51.6 Å². The molecular formula is C17H34N2. The van der Waals surface area contributed by atoms with Crippen molar-refractivity contribution in [1.29, 1.82) is 0 Å². The van der Waals surface area contributed by atoms with E-state index >= 15 is 0 Å². The van der Waals surface area contributed by atoms with Crippen LogP contribution in [0.4, 0.5) is 0 Å². The molecule has 0 aromatic carbocycles. The van der Waals surface area contributed by atoms with E-state index in [9.17, 15) is 0 Å². The largest absolute Gasteiger partial charge is 0.315 e. The van der Waals surface area contributed by atoms with Crippen LogP contribution in [0.15, 0.2) is 0 Å². The van der Waals surface area contributed by atoms with Gasteiger partial charge in [-0.1, -0.05) is 34.1 Å². The molecule has 1 N–H and O–H groups in total. The second-order valence-corrected chi connectivity index (χ2v) is 8.27. The van der Waals surface area contributed by atoms with Crippen LogP contribution in [0.3, 0.4) is 0 Å². The molecule has 112 valence electrons. The summed E-state index contributed by atoms with van der Waals surface area (Å²) >= 11 is 0. The van der Waals surface area contributed by atoms with Gasteiger partial charge in [0.2, 0.25) is 0 Å². The average Bonchev–Trinajstić information content (AvgIpc) is 2.49. The molecule has 2 unspecified atom stereocenters. The van der Waals surface area contributed by atoms with Crippen molar-refractivity contribution in [2.45, 2.75) is 78.3 Å². The third kappa shape index (κ3) is 3.52. The number of nitrogens with zero attached hydrogens (tertiary/aromatic N) is 1. The molecule has 1 heterocycles. The van der Waals surface area contributed by atoms with Crippen molar-refractivity contribution in [2.24, 2.45) is 10.8 Å². The fourth-order valence-corrected chi connectivity index (χ4v) is 4.36. The number of likely N-dealkylation sites (N-methyl/N-ethyl adjacent to an activating group) is 1. The van der Waals surface area contributed by atoms with Crippen molar-refractivity contribution in [1.82, 2.24) is 10.2 Å². The van der Waals surface area contributed by atoms with E-state index in [0.29, 0.717) is 16.9 Å². The van der Waals surface area contributed by atoms with Crippen molar-refractivity contribution < 1.29 is 0 Å². The molecule has 2 nitrogen and oxygen atoms in total. The smallest absolute Gasteiger partial charge is 0.0271 e. The lowest BCUT2D eigenvalue weighted by Gasteiger charge is -2.48. The fourth-order valence-electron chi connectivity index (χ4n) is 4.36. The van der Waals surface area contributed by atoms with Gasteiger partial charge in [0.15, 0.2) is 0 Å². The van der Waals surface area contributed by atoms with E-state index < -0.39 is 0 Å². The van der Waals surface area contributed by atoms with E-state index in [1.807, 2.05) is 0 Å². The highest BCUT2D eigenvalue weighted by atomic mass is 15.2. The number of hydrogen-bond acceptors (Lipinski definition) is 2. The Hall–Kier alpha value is -0.0800. The van der Waals surface area contributed by atoms with Crippen LogP contribution in [0, 0.1) is 10.8 Å². The predicted molar refractivity (Wildman–Crippen MR) is 83.5 cm³/mol. The van der Waals surface area contributed by atoms with Crippen LogP contribution in [0.25, 0.3) is 0 Å². The first-order valence-corrected chi connectivity index (χ1v) is 8.27. The highest BCUT2D eigenvalue weighted by Gasteiger charge is 2.41. The Balaban J connectivity index is 2.07. The Kier molecular flexibility index (Phi) is 4.62. The van der Waals surface area contributed by atoms with Gasteiger partial charge in [0, 0.05) is 12.1 Å². The molecule has 19 heavy (non-hydrogen) atoms. The lowest BCUT2D eigenvalue weighted by molar-refractivity contribution is 0.0525. The molecule has 0 bridgehead atoms. The summed E-state index contributed by atoms with van der Waals surface area (Å²) in [6, 6.07) is 1.41. The SMILES string of the molecule is CNC1C(N2CCCC(C)(C)CC2)CCCC1(C)C. The first kappa shape index (κ1) is 15.3. The molecule has 0 amide bonds. The van der Waals surface area contributed by atoms with Crippen LogP contribution in [-0.2, 0) is 0 Å². The standard InChI is InChI=1S/C17H34N2/c1-16(2)9-7-12-19(13-11-16)14-8-6-10-17(3,4)15(14)18-5/h14-15,18H,6-13H2,1-5H3. The molecule has 0 aromatic rings. The maximum absolute atomic E-state index is 3.64. The molecule has 1 aliphatic carbocycles. The topological polar surface area (TPSA) is 15.3 Å². The van der Waals surface area contributed by atoms with E-state index in [2.05, 4.69) is 45.0 Å². The summed E-state index contributed by atoms with van der Waals surface area (Å²) in [7, 11) is 2.16. The molecule has 1 aliphatic heterocycles. The fraction of sp³-hybridized carbons (Fsp3) is 1.00. The molecular weight excluding hydrogens is 232 g/mol. The van der Waals surface area contributed by atoms with Crippen molar-refractivity contribution in [3.8, 4) is 0 Å². The van der Waals surface area contributed by atoms with Crippen LogP contribution in [0.5, 0.6) is 0 Å². The maximum Gasteiger partial charge on any atom is 0.0271 e. The van der Waals surface area contributed by atoms with E-state index in [0.717, 1.165) is 6.04 Å². The normalized spacial score (nSPS) is 35.8. The van der Waals surface area contributed by atoms with Gasteiger partial charge in [0.05, 0.1) is 0 Å². The van der Waals surface area contributed by atoms with Crippen LogP contribution < -0.4 is 5.32 Å². The minimum absolute atomic E-state index is 0.444. The Morgan fingerprint density at radius 2 is 1.68 bits per heavy atom. The van der Waals surface area contributed by atoms with Gasteiger partial charge in [-0.05, 0) is 63.1 Å². The summed E-state index contributed by atoms with van der Waals surface area (Å²) in [6.45, 7) is 12.4. The van der Waals surface area contributed by atoms with E-state index in [1.54, 1.807) is 0 Å². The molecule has 0 aromatic heterocycles. The number of likely N-dealkylation sites (tertiary alicyclic amines) is 1. The predicted octanol–water partition coefficient (Wildman–Crippen LogP) is 3.67. The lowest BCUT2D eigenvalue weighted by atomic mass is 9.70. The van der Waals surface area contributed by atoms with E-state index in [-0.39, 0.29) is 0 Å². The first-order chi connectivity index (χ1) is 8.86. The van der Waals surface area contributed by atoms with Gasteiger partial charge in [0.25, 0.3) is 0 Å². The minimum Gasteiger partial charge on any atom is -0.315 e. The number of hydrogen-bond donors (Lipinski definition) is 1. The lowest BCUT2D eigenvalue weighted by Crippen LogP contribution is -2.58. The molecule has 0 spiro atoms. The second-order valence-electron chi connectivity index (χ2n) is 8.27. The number of rotatable bonds is 2. The Morgan fingerprint density at radius 1 is 0.947 bits per heavy atom. The summed E-state index contributed by atoms with van der Waals surface area (Å²) < 4.78 is 0. The van der Waals surface area contributed by atoms with Gasteiger partial charge < -0.3 is 5.32 Å². The molecule has 2 atom stereocenters. The molecule has 1 saturated heterocycles. The Bertz CT molecular complexity index is 296. The van der Waals surface area contributed by atoms with Crippen LogP contribution >= 0.6 is 0 Å². The van der Waals surface area contributed by atoms with Gasteiger partial charge >= 0.3 is 0 Å². The molecule has 1 saturated carbocycles. The van der Waals surface area contributed by atoms with Crippen molar-refractivity contribution in [2.75, 3.05) is 20.1 Å². The Labute approximate surface area is 120 Å². The van der Waals surface area contributed by atoms with Crippen molar-refractivity contribution in [3.05, 3.63) is 0 Å². The van der Waals surface area contributed by atoms with Gasteiger partial charge in [0.1, 0.15) is 0 Å². The molecule has 2 aliphatic rings. The van der Waals surface area contributed by atoms with Gasteiger partial charge in [-0.25, -0.2) is 0 Å². The molecule has 2 heteroatoms. The summed E-state index contributed by atoms with van der Waals surface area (Å²) in [6.07, 6.45) is 8.28. The van der Waals surface area contributed by atoms with Gasteiger partial charge in [-0.2, -0.15) is 0 Å². The molecule has 2 fully saturated rings. The zero-order valence-electron chi connectivity index (χ0n) is 13.8. The van der Waals surface area contributed by atoms with Crippen molar-refractivity contribution >= 4 is 0 Å².